The molecule has 1 aromatic carbocycles. The van der Waals surface area contributed by atoms with Gasteiger partial charge in [0.1, 0.15) is 17.3 Å². The van der Waals surface area contributed by atoms with Gasteiger partial charge in [-0.05, 0) is 100 Å². The average Bonchev–Trinajstić information content (AvgIpc) is 3.36. The van der Waals surface area contributed by atoms with Gasteiger partial charge in [0, 0.05) is 32.0 Å². The molecule has 0 amide bonds. The summed E-state index contributed by atoms with van der Waals surface area (Å²) >= 11 is 0. The number of carbonyl (C=O) groups excluding carboxylic acids is 2. The van der Waals surface area contributed by atoms with E-state index in [9.17, 15) is 14.0 Å². The Morgan fingerprint density at radius 1 is 1.02 bits per heavy atom. The third-order valence-electron chi connectivity index (χ3n) is 7.80. The standard InChI is InChI=1S/C33H43FO8/c1-37-32(36)33(41-30-13-5-9-23-39-30,42-31-14-6-10-24-40-31)21-7-2-3-12-28-25(15-20-29(28)35)11-4-8-22-38-27-18-16-26(34)17-19-27/h3-4,7,11,16-19,25,28,30-31H,5-6,8-10,12-15,20-24H2,1H3/b11-4+/t2?,25-,28+,30?,31?,33?/m0/s1. The summed E-state index contributed by atoms with van der Waals surface area (Å²) in [5, 5.41) is 0. The lowest BCUT2D eigenvalue weighted by Gasteiger charge is -2.38. The fourth-order valence-corrected chi connectivity index (χ4v) is 5.48. The van der Waals surface area contributed by atoms with Gasteiger partial charge in [-0.3, -0.25) is 4.79 Å². The van der Waals surface area contributed by atoms with Crippen LogP contribution in [0.5, 0.6) is 5.75 Å². The number of hydrogen-bond donors (Lipinski definition) is 0. The van der Waals surface area contributed by atoms with Crippen LogP contribution in [0.4, 0.5) is 4.39 Å². The molecule has 1 aliphatic carbocycles. The third kappa shape index (κ3) is 9.61. The number of carbonyl (C=O) groups is 2. The highest BCUT2D eigenvalue weighted by molar-refractivity contribution is 5.83. The van der Waals surface area contributed by atoms with Crippen molar-refractivity contribution in [3.8, 4) is 5.75 Å². The van der Waals surface area contributed by atoms with Gasteiger partial charge in [-0.1, -0.05) is 12.2 Å². The van der Waals surface area contributed by atoms with Crippen LogP contribution in [-0.2, 0) is 33.3 Å². The fraction of sp³-hybridized carbons (Fsp3) is 0.606. The van der Waals surface area contributed by atoms with Crippen molar-refractivity contribution in [3.63, 3.8) is 0 Å². The molecule has 3 fully saturated rings. The van der Waals surface area contributed by atoms with Gasteiger partial charge in [-0.25, -0.2) is 9.18 Å². The van der Waals surface area contributed by atoms with Crippen LogP contribution in [0.1, 0.15) is 70.6 Å². The van der Waals surface area contributed by atoms with E-state index in [2.05, 4.69) is 11.8 Å². The van der Waals surface area contributed by atoms with E-state index in [1.165, 1.54) is 19.2 Å². The summed E-state index contributed by atoms with van der Waals surface area (Å²) in [6, 6.07) is 5.94. The summed E-state index contributed by atoms with van der Waals surface area (Å²) < 4.78 is 47.6. The Morgan fingerprint density at radius 2 is 1.71 bits per heavy atom. The normalized spacial score (nSPS) is 25.9. The predicted molar refractivity (Wildman–Crippen MR) is 153 cm³/mol. The summed E-state index contributed by atoms with van der Waals surface area (Å²) in [6.07, 6.45) is 14.2. The smallest absolute Gasteiger partial charge is 0.367 e. The van der Waals surface area contributed by atoms with Crippen LogP contribution >= 0.6 is 0 Å². The Morgan fingerprint density at radius 3 is 2.33 bits per heavy atom. The van der Waals surface area contributed by atoms with E-state index in [1.807, 2.05) is 12.2 Å². The van der Waals surface area contributed by atoms with Gasteiger partial charge in [0.05, 0.1) is 13.7 Å². The molecule has 0 aromatic heterocycles. The Labute approximate surface area is 247 Å². The lowest BCUT2D eigenvalue weighted by Crippen LogP contribution is -2.51. The molecule has 4 atom stereocenters. The molecule has 230 valence electrons. The van der Waals surface area contributed by atoms with Gasteiger partial charge in [0.25, 0.3) is 5.79 Å². The molecule has 8 nitrogen and oxygen atoms in total. The predicted octanol–water partition coefficient (Wildman–Crippen LogP) is 6.19. The molecule has 0 radical (unpaired) electrons. The Balaban J connectivity index is 1.34. The van der Waals surface area contributed by atoms with Crippen LogP contribution in [0.25, 0.3) is 0 Å². The van der Waals surface area contributed by atoms with E-state index in [0.717, 1.165) is 32.1 Å². The van der Waals surface area contributed by atoms with Crippen molar-refractivity contribution in [2.75, 3.05) is 26.9 Å². The molecule has 2 heterocycles. The van der Waals surface area contributed by atoms with Crippen molar-refractivity contribution < 1.29 is 42.4 Å². The van der Waals surface area contributed by atoms with E-state index < -0.39 is 24.3 Å². The van der Waals surface area contributed by atoms with E-state index in [0.29, 0.717) is 57.7 Å². The molecule has 0 bridgehead atoms. The van der Waals surface area contributed by atoms with Gasteiger partial charge < -0.3 is 28.4 Å². The lowest BCUT2D eigenvalue weighted by atomic mass is 9.91. The van der Waals surface area contributed by atoms with Gasteiger partial charge in [0.2, 0.25) is 0 Å². The molecular weight excluding hydrogens is 543 g/mol. The Hall–Kier alpha value is -2.81. The van der Waals surface area contributed by atoms with Crippen LogP contribution in [0, 0.1) is 17.7 Å². The van der Waals surface area contributed by atoms with Crippen LogP contribution in [0.15, 0.2) is 54.3 Å². The molecule has 1 saturated carbocycles. The van der Waals surface area contributed by atoms with Gasteiger partial charge >= 0.3 is 5.97 Å². The third-order valence-corrected chi connectivity index (χ3v) is 7.80. The maximum absolute atomic E-state index is 13.1. The Bertz CT molecular complexity index is 1060. The molecule has 3 aliphatic rings. The van der Waals surface area contributed by atoms with Crippen molar-refractivity contribution in [2.24, 2.45) is 11.8 Å². The van der Waals surface area contributed by atoms with Crippen LogP contribution < -0.4 is 4.74 Å². The first-order chi connectivity index (χ1) is 20.5. The van der Waals surface area contributed by atoms with Gasteiger partial charge in [-0.2, -0.15) is 0 Å². The minimum absolute atomic E-state index is 0.0614. The zero-order valence-electron chi connectivity index (χ0n) is 24.5. The summed E-state index contributed by atoms with van der Waals surface area (Å²) in [6.45, 7) is 1.59. The number of allylic oxidation sites excluding steroid dienone is 1. The number of methoxy groups -OCH3 is 1. The number of ketones is 1. The highest BCUT2D eigenvalue weighted by Crippen LogP contribution is 2.33. The Kier molecular flexibility index (Phi) is 12.8. The summed E-state index contributed by atoms with van der Waals surface area (Å²) in [4.78, 5) is 25.7. The highest BCUT2D eigenvalue weighted by atomic mass is 19.1. The molecule has 1 aromatic rings. The van der Waals surface area contributed by atoms with Crippen molar-refractivity contribution in [1.29, 1.82) is 0 Å². The summed E-state index contributed by atoms with van der Waals surface area (Å²) in [5.41, 5.74) is 3.14. The maximum atomic E-state index is 13.1. The van der Waals surface area contributed by atoms with Crippen molar-refractivity contribution >= 4 is 11.8 Å². The van der Waals surface area contributed by atoms with Crippen molar-refractivity contribution in [1.82, 2.24) is 0 Å². The van der Waals surface area contributed by atoms with E-state index in [1.54, 1.807) is 18.2 Å². The first kappa shape index (κ1) is 32.1. The highest BCUT2D eigenvalue weighted by Gasteiger charge is 2.47. The number of ether oxygens (including phenoxy) is 6. The number of hydrogen-bond acceptors (Lipinski definition) is 8. The largest absolute Gasteiger partial charge is 0.493 e. The summed E-state index contributed by atoms with van der Waals surface area (Å²) in [5.74, 6) is -1.77. The molecule has 0 N–H and O–H groups in total. The second-order valence-electron chi connectivity index (χ2n) is 10.9. The molecule has 2 aliphatic heterocycles. The second-order valence-corrected chi connectivity index (χ2v) is 10.9. The van der Waals surface area contributed by atoms with Crippen molar-refractivity contribution in [3.05, 3.63) is 60.1 Å². The molecule has 4 rings (SSSR count). The number of esters is 1. The van der Waals surface area contributed by atoms with Crippen LogP contribution in [-0.4, -0.2) is 57.1 Å². The zero-order valence-corrected chi connectivity index (χ0v) is 24.5. The summed E-state index contributed by atoms with van der Waals surface area (Å²) in [7, 11) is 1.31. The zero-order chi connectivity index (χ0) is 29.6. The van der Waals surface area contributed by atoms with E-state index in [-0.39, 0.29) is 29.9 Å². The van der Waals surface area contributed by atoms with Crippen LogP contribution in [0.2, 0.25) is 0 Å². The number of halogens is 1. The number of benzene rings is 1. The minimum Gasteiger partial charge on any atom is -0.493 e. The van der Waals surface area contributed by atoms with Crippen LogP contribution in [0.3, 0.4) is 0 Å². The SMILES string of the molecule is COC(=O)C(CC=C=CC[C@H]1C(=O)CC[C@@H]1/C=C/CCOc1ccc(F)cc1)(OC1CCCCO1)OC1CCCCO1. The molecular formula is C33H43FO8. The van der Waals surface area contributed by atoms with Gasteiger partial charge in [-0.15, -0.1) is 5.73 Å². The van der Waals surface area contributed by atoms with Gasteiger partial charge in [0.15, 0.2) is 12.6 Å². The second kappa shape index (κ2) is 16.7. The van der Waals surface area contributed by atoms with Crippen molar-refractivity contribution in [2.45, 2.75) is 89.0 Å². The van der Waals surface area contributed by atoms with E-state index in [4.69, 9.17) is 28.4 Å². The molecule has 0 spiro atoms. The first-order valence-electron chi connectivity index (χ1n) is 15.1. The minimum atomic E-state index is -1.72. The maximum Gasteiger partial charge on any atom is 0.367 e. The fourth-order valence-electron chi connectivity index (χ4n) is 5.48. The topological polar surface area (TPSA) is 89.5 Å². The number of rotatable bonds is 14. The molecule has 2 saturated heterocycles. The quantitative estimate of drug-likeness (QED) is 0.0838. The monoisotopic (exact) mass is 586 g/mol. The average molecular weight is 587 g/mol. The molecule has 42 heavy (non-hydrogen) atoms. The molecule has 2 unspecified atom stereocenters. The molecule has 9 heteroatoms. The first-order valence-corrected chi connectivity index (χ1v) is 15.1. The van der Waals surface area contributed by atoms with E-state index >= 15 is 0 Å². The number of Topliss-reactive ketones (excluding diaryl/α,β-unsaturated/α-hetero) is 1. The lowest BCUT2D eigenvalue weighted by molar-refractivity contribution is -0.350.